The van der Waals surface area contributed by atoms with E-state index in [0.29, 0.717) is 11.1 Å². The second-order valence-corrected chi connectivity index (χ2v) is 4.39. The minimum absolute atomic E-state index is 0.0192. The summed E-state index contributed by atoms with van der Waals surface area (Å²) in [5.74, 6) is 0.837. The molecule has 3 rings (SSSR count). The standard InChI is InChI=1S/C16H13NO2/c1-2-15-13-10-12(8-9-14(13)17-19-15)16(18)11-6-4-3-5-7-11/h3-10H,2H2,1H3. The smallest absolute Gasteiger partial charge is 0.193 e. The van der Waals surface area contributed by atoms with Gasteiger partial charge >= 0.3 is 0 Å². The Labute approximate surface area is 110 Å². The van der Waals surface area contributed by atoms with E-state index < -0.39 is 0 Å². The van der Waals surface area contributed by atoms with Crippen LogP contribution in [0.15, 0.2) is 53.1 Å². The summed E-state index contributed by atoms with van der Waals surface area (Å²) in [5, 5.41) is 4.90. The van der Waals surface area contributed by atoms with Crippen LogP contribution in [0.1, 0.15) is 28.6 Å². The number of carbonyl (C=O) groups excluding carboxylic acids is 1. The number of aromatic nitrogens is 1. The van der Waals surface area contributed by atoms with Gasteiger partial charge in [-0.2, -0.15) is 0 Å². The molecule has 0 unspecified atom stereocenters. The van der Waals surface area contributed by atoms with Crippen molar-refractivity contribution in [2.24, 2.45) is 0 Å². The first-order valence-electron chi connectivity index (χ1n) is 6.27. The van der Waals surface area contributed by atoms with Crippen molar-refractivity contribution in [2.45, 2.75) is 13.3 Å². The molecule has 0 fully saturated rings. The van der Waals surface area contributed by atoms with Crippen LogP contribution >= 0.6 is 0 Å². The van der Waals surface area contributed by atoms with E-state index in [1.807, 2.05) is 49.4 Å². The fourth-order valence-electron chi connectivity index (χ4n) is 2.14. The number of ketones is 1. The molecule has 3 aromatic rings. The summed E-state index contributed by atoms with van der Waals surface area (Å²) in [6, 6.07) is 14.7. The molecule has 0 aliphatic heterocycles. The van der Waals surface area contributed by atoms with Crippen molar-refractivity contribution in [3.05, 3.63) is 65.4 Å². The van der Waals surface area contributed by atoms with Crippen molar-refractivity contribution in [3.63, 3.8) is 0 Å². The molecule has 0 bridgehead atoms. The third-order valence-corrected chi connectivity index (χ3v) is 3.17. The Morgan fingerprint density at radius 3 is 2.63 bits per heavy atom. The van der Waals surface area contributed by atoms with Gasteiger partial charge in [0, 0.05) is 22.9 Å². The Hall–Kier alpha value is -2.42. The highest BCUT2D eigenvalue weighted by Crippen LogP contribution is 2.21. The van der Waals surface area contributed by atoms with Gasteiger partial charge in [0.05, 0.1) is 0 Å². The number of benzene rings is 2. The number of aryl methyl sites for hydroxylation is 1. The lowest BCUT2D eigenvalue weighted by Gasteiger charge is -2.01. The SMILES string of the molecule is CCc1onc2ccc(C(=O)c3ccccc3)cc12. The highest BCUT2D eigenvalue weighted by Gasteiger charge is 2.12. The minimum atomic E-state index is 0.0192. The zero-order valence-corrected chi connectivity index (χ0v) is 10.6. The number of fused-ring (bicyclic) bond motifs is 1. The van der Waals surface area contributed by atoms with E-state index in [4.69, 9.17) is 4.52 Å². The predicted molar refractivity (Wildman–Crippen MR) is 73.3 cm³/mol. The molecule has 3 nitrogen and oxygen atoms in total. The van der Waals surface area contributed by atoms with Crippen molar-refractivity contribution < 1.29 is 9.32 Å². The van der Waals surface area contributed by atoms with E-state index in [1.165, 1.54) is 0 Å². The average Bonchev–Trinajstić information content (AvgIpc) is 2.89. The average molecular weight is 251 g/mol. The normalized spacial score (nSPS) is 10.8. The van der Waals surface area contributed by atoms with Gasteiger partial charge in [-0.3, -0.25) is 4.79 Å². The maximum Gasteiger partial charge on any atom is 0.193 e. The summed E-state index contributed by atoms with van der Waals surface area (Å²) in [6.45, 7) is 2.01. The van der Waals surface area contributed by atoms with Gasteiger partial charge in [0.2, 0.25) is 0 Å². The van der Waals surface area contributed by atoms with E-state index in [1.54, 1.807) is 6.07 Å². The van der Waals surface area contributed by atoms with Gasteiger partial charge in [-0.05, 0) is 18.2 Å². The molecule has 1 aromatic heterocycles. The third-order valence-electron chi connectivity index (χ3n) is 3.17. The molecule has 0 amide bonds. The van der Waals surface area contributed by atoms with Crippen molar-refractivity contribution >= 4 is 16.7 Å². The molecule has 94 valence electrons. The lowest BCUT2D eigenvalue weighted by atomic mass is 10.0. The van der Waals surface area contributed by atoms with Crippen LogP contribution in [0, 0.1) is 0 Å². The van der Waals surface area contributed by atoms with E-state index in [2.05, 4.69) is 5.16 Å². The number of carbonyl (C=O) groups is 1. The van der Waals surface area contributed by atoms with Crippen LogP contribution in [-0.2, 0) is 6.42 Å². The monoisotopic (exact) mass is 251 g/mol. The molecule has 0 atom stereocenters. The molecule has 0 aliphatic rings. The van der Waals surface area contributed by atoms with Gasteiger partial charge in [0.15, 0.2) is 5.78 Å². The fraction of sp³-hybridized carbons (Fsp3) is 0.125. The first-order chi connectivity index (χ1) is 9.29. The molecule has 2 aromatic carbocycles. The van der Waals surface area contributed by atoms with Gasteiger partial charge in [-0.1, -0.05) is 42.4 Å². The highest BCUT2D eigenvalue weighted by molar-refractivity contribution is 6.10. The topological polar surface area (TPSA) is 43.1 Å². The zero-order valence-electron chi connectivity index (χ0n) is 10.6. The quantitative estimate of drug-likeness (QED) is 0.668. The number of nitrogens with zero attached hydrogens (tertiary/aromatic N) is 1. The zero-order chi connectivity index (χ0) is 13.2. The van der Waals surface area contributed by atoms with Crippen LogP contribution in [-0.4, -0.2) is 10.9 Å². The minimum Gasteiger partial charge on any atom is -0.360 e. The van der Waals surface area contributed by atoms with Crippen LogP contribution in [0.25, 0.3) is 10.9 Å². The van der Waals surface area contributed by atoms with Gasteiger partial charge < -0.3 is 4.52 Å². The van der Waals surface area contributed by atoms with Crippen molar-refractivity contribution in [1.29, 1.82) is 0 Å². The summed E-state index contributed by atoms with van der Waals surface area (Å²) in [7, 11) is 0. The summed E-state index contributed by atoms with van der Waals surface area (Å²) in [5.41, 5.74) is 2.15. The van der Waals surface area contributed by atoms with Crippen LogP contribution in [0.2, 0.25) is 0 Å². The molecule has 0 aliphatic carbocycles. The van der Waals surface area contributed by atoms with Gasteiger partial charge in [-0.25, -0.2) is 0 Å². The van der Waals surface area contributed by atoms with E-state index in [-0.39, 0.29) is 5.78 Å². The maximum absolute atomic E-state index is 12.4. The van der Waals surface area contributed by atoms with E-state index in [9.17, 15) is 4.79 Å². The van der Waals surface area contributed by atoms with E-state index >= 15 is 0 Å². The molecule has 3 heteroatoms. The Balaban J connectivity index is 2.08. The second-order valence-electron chi connectivity index (χ2n) is 4.39. The molecule has 0 saturated heterocycles. The van der Waals surface area contributed by atoms with E-state index in [0.717, 1.165) is 23.1 Å². The largest absolute Gasteiger partial charge is 0.360 e. The van der Waals surface area contributed by atoms with Gasteiger partial charge in [0.25, 0.3) is 0 Å². The molecule has 0 radical (unpaired) electrons. The predicted octanol–water partition coefficient (Wildman–Crippen LogP) is 3.62. The second kappa shape index (κ2) is 4.69. The Kier molecular flexibility index (Phi) is 2.88. The maximum atomic E-state index is 12.4. The van der Waals surface area contributed by atoms with Crippen molar-refractivity contribution in [1.82, 2.24) is 5.16 Å². The Morgan fingerprint density at radius 1 is 1.11 bits per heavy atom. The lowest BCUT2D eigenvalue weighted by Crippen LogP contribution is -2.00. The molecule has 0 spiro atoms. The summed E-state index contributed by atoms with van der Waals surface area (Å²) < 4.78 is 5.24. The van der Waals surface area contributed by atoms with Crippen molar-refractivity contribution in [3.8, 4) is 0 Å². The first-order valence-corrected chi connectivity index (χ1v) is 6.27. The van der Waals surface area contributed by atoms with Crippen molar-refractivity contribution in [2.75, 3.05) is 0 Å². The molecule has 0 saturated carbocycles. The summed E-state index contributed by atoms with van der Waals surface area (Å²) in [4.78, 5) is 12.4. The first kappa shape index (κ1) is 11.7. The Morgan fingerprint density at radius 2 is 1.89 bits per heavy atom. The number of rotatable bonds is 3. The summed E-state index contributed by atoms with van der Waals surface area (Å²) in [6.07, 6.45) is 0.763. The number of hydrogen-bond acceptors (Lipinski definition) is 3. The third kappa shape index (κ3) is 2.03. The molecular formula is C16H13NO2. The number of hydrogen-bond donors (Lipinski definition) is 0. The lowest BCUT2D eigenvalue weighted by molar-refractivity contribution is 0.103. The van der Waals surface area contributed by atoms with Crippen LogP contribution in [0.5, 0.6) is 0 Å². The van der Waals surface area contributed by atoms with Crippen LogP contribution in [0.3, 0.4) is 0 Å². The molecule has 0 N–H and O–H groups in total. The molecular weight excluding hydrogens is 238 g/mol. The summed E-state index contributed by atoms with van der Waals surface area (Å²) >= 11 is 0. The van der Waals surface area contributed by atoms with Crippen LogP contribution in [0.4, 0.5) is 0 Å². The molecule has 19 heavy (non-hydrogen) atoms. The highest BCUT2D eigenvalue weighted by atomic mass is 16.5. The Bertz CT molecular complexity index is 729. The fourth-order valence-corrected chi connectivity index (χ4v) is 2.14. The van der Waals surface area contributed by atoms with Gasteiger partial charge in [0.1, 0.15) is 11.3 Å². The van der Waals surface area contributed by atoms with Crippen LogP contribution < -0.4 is 0 Å². The van der Waals surface area contributed by atoms with Gasteiger partial charge in [-0.15, -0.1) is 0 Å². The molecule has 1 heterocycles.